The predicted octanol–water partition coefficient (Wildman–Crippen LogP) is 1.92. The molecule has 0 aliphatic carbocycles. The molecule has 0 aliphatic rings. The van der Waals surface area contributed by atoms with Crippen LogP contribution in [0.25, 0.3) is 0 Å². The van der Waals surface area contributed by atoms with Gasteiger partial charge in [-0.05, 0) is 18.3 Å². The van der Waals surface area contributed by atoms with Crippen LogP contribution in [0.3, 0.4) is 0 Å². The van der Waals surface area contributed by atoms with E-state index < -0.39 is 0 Å². The average Bonchev–Trinajstić information content (AvgIpc) is 2.29. The van der Waals surface area contributed by atoms with Crippen molar-refractivity contribution in [1.82, 2.24) is 9.97 Å². The van der Waals surface area contributed by atoms with Crippen molar-refractivity contribution in [3.05, 3.63) is 11.3 Å². The first-order valence-electron chi connectivity index (χ1n) is 5.57. The molecule has 4 N–H and O–H groups in total. The second-order valence-electron chi connectivity index (χ2n) is 4.77. The number of hydrogen-bond donors (Lipinski definition) is 3. The molecule has 0 fully saturated rings. The number of hydrogen-bond acceptors (Lipinski definition) is 5. The molecule has 0 amide bonds. The Morgan fingerprint density at radius 1 is 1.47 bits per heavy atom. The van der Waals surface area contributed by atoms with Crippen LogP contribution in [0.4, 0.5) is 11.6 Å². The lowest BCUT2D eigenvalue weighted by molar-refractivity contribution is 0.248. The first-order valence-corrected chi connectivity index (χ1v) is 5.95. The maximum absolute atomic E-state index is 8.82. The van der Waals surface area contributed by atoms with E-state index in [4.69, 9.17) is 22.4 Å². The number of aliphatic hydroxyl groups excluding tert-OH is 1. The summed E-state index contributed by atoms with van der Waals surface area (Å²) in [6.07, 6.45) is 3.09. The van der Waals surface area contributed by atoms with Crippen LogP contribution >= 0.6 is 11.6 Å². The van der Waals surface area contributed by atoms with Crippen molar-refractivity contribution in [3.63, 3.8) is 0 Å². The van der Waals surface area contributed by atoms with Gasteiger partial charge in [0.05, 0.1) is 0 Å². The number of nitrogen functional groups attached to an aromatic ring is 1. The van der Waals surface area contributed by atoms with Gasteiger partial charge in [-0.2, -0.15) is 0 Å². The number of nitrogens with zero attached hydrogens (tertiary/aromatic N) is 2. The van der Waals surface area contributed by atoms with E-state index in [9.17, 15) is 0 Å². The third-order valence-electron chi connectivity index (χ3n) is 2.56. The molecule has 0 bridgehead atoms. The molecule has 17 heavy (non-hydrogen) atoms. The lowest BCUT2D eigenvalue weighted by Crippen LogP contribution is -2.24. The van der Waals surface area contributed by atoms with Gasteiger partial charge in [-0.15, -0.1) is 0 Å². The molecule has 1 rings (SSSR count). The standard InChI is InChI=1S/C11H19ClN4O/c1-11(2,4-3-5-17)6-14-10-8(12)9(13)15-7-16-10/h7,17H,3-6H2,1-2H3,(H3,13,14,15,16). The molecule has 1 aromatic rings. The number of rotatable bonds is 6. The van der Waals surface area contributed by atoms with Gasteiger partial charge in [-0.25, -0.2) is 9.97 Å². The van der Waals surface area contributed by atoms with E-state index in [1.54, 1.807) is 0 Å². The monoisotopic (exact) mass is 258 g/mol. The fourth-order valence-corrected chi connectivity index (χ4v) is 1.64. The lowest BCUT2D eigenvalue weighted by Gasteiger charge is -2.25. The Morgan fingerprint density at radius 3 is 2.82 bits per heavy atom. The molecule has 0 saturated heterocycles. The molecule has 0 unspecified atom stereocenters. The largest absolute Gasteiger partial charge is 0.396 e. The van der Waals surface area contributed by atoms with Gasteiger partial charge in [0.1, 0.15) is 23.0 Å². The number of nitrogens with one attached hydrogen (secondary N) is 1. The molecule has 0 atom stereocenters. The summed E-state index contributed by atoms with van der Waals surface area (Å²) in [5, 5.41) is 12.3. The van der Waals surface area contributed by atoms with Crippen LogP contribution in [0.1, 0.15) is 26.7 Å². The van der Waals surface area contributed by atoms with Crippen molar-refractivity contribution >= 4 is 23.2 Å². The quantitative estimate of drug-likeness (QED) is 0.726. The maximum Gasteiger partial charge on any atom is 0.150 e. The Kier molecular flexibility index (Phi) is 4.96. The zero-order valence-electron chi connectivity index (χ0n) is 10.2. The van der Waals surface area contributed by atoms with E-state index in [2.05, 4.69) is 29.1 Å². The van der Waals surface area contributed by atoms with E-state index in [0.717, 1.165) is 12.8 Å². The molecule has 0 radical (unpaired) electrons. The van der Waals surface area contributed by atoms with Gasteiger partial charge in [0.15, 0.2) is 0 Å². The highest BCUT2D eigenvalue weighted by atomic mass is 35.5. The van der Waals surface area contributed by atoms with Crippen LogP contribution in [0.5, 0.6) is 0 Å². The van der Waals surface area contributed by atoms with E-state index in [1.165, 1.54) is 6.33 Å². The summed E-state index contributed by atoms with van der Waals surface area (Å²) in [6, 6.07) is 0. The summed E-state index contributed by atoms with van der Waals surface area (Å²) in [5.41, 5.74) is 5.65. The summed E-state index contributed by atoms with van der Waals surface area (Å²) >= 11 is 5.97. The molecular formula is C11H19ClN4O. The average molecular weight is 259 g/mol. The fourth-order valence-electron chi connectivity index (χ4n) is 1.48. The van der Waals surface area contributed by atoms with Crippen LogP contribution in [0.15, 0.2) is 6.33 Å². The van der Waals surface area contributed by atoms with Crippen molar-refractivity contribution < 1.29 is 5.11 Å². The lowest BCUT2D eigenvalue weighted by atomic mass is 9.88. The van der Waals surface area contributed by atoms with Crippen LogP contribution < -0.4 is 11.1 Å². The van der Waals surface area contributed by atoms with Crippen LogP contribution in [-0.2, 0) is 0 Å². The zero-order chi connectivity index (χ0) is 12.9. The second-order valence-corrected chi connectivity index (χ2v) is 5.14. The molecule has 6 heteroatoms. The molecule has 0 spiro atoms. The number of aromatic nitrogens is 2. The molecule has 0 aromatic carbocycles. The van der Waals surface area contributed by atoms with Gasteiger partial charge in [-0.3, -0.25) is 0 Å². The van der Waals surface area contributed by atoms with E-state index in [-0.39, 0.29) is 17.8 Å². The van der Waals surface area contributed by atoms with Gasteiger partial charge < -0.3 is 16.2 Å². The highest BCUT2D eigenvalue weighted by Gasteiger charge is 2.18. The zero-order valence-corrected chi connectivity index (χ0v) is 11.0. The third kappa shape index (κ3) is 4.36. The SMILES string of the molecule is CC(C)(CCCO)CNc1ncnc(N)c1Cl. The van der Waals surface area contributed by atoms with Gasteiger partial charge in [-0.1, -0.05) is 25.4 Å². The van der Waals surface area contributed by atoms with Crippen LogP contribution in [0.2, 0.25) is 5.02 Å². The molecule has 0 aliphatic heterocycles. The first kappa shape index (κ1) is 14.0. The van der Waals surface area contributed by atoms with Crippen LogP contribution in [-0.4, -0.2) is 28.2 Å². The Hall–Kier alpha value is -1.07. The Labute approximate surface area is 106 Å². The number of halogens is 1. The van der Waals surface area contributed by atoms with Gasteiger partial charge in [0, 0.05) is 13.2 Å². The maximum atomic E-state index is 8.82. The molecule has 1 heterocycles. The highest BCUT2D eigenvalue weighted by molar-refractivity contribution is 6.35. The van der Waals surface area contributed by atoms with E-state index in [1.807, 2.05) is 0 Å². The smallest absolute Gasteiger partial charge is 0.150 e. The Morgan fingerprint density at radius 2 is 2.18 bits per heavy atom. The van der Waals surface area contributed by atoms with Gasteiger partial charge >= 0.3 is 0 Å². The minimum atomic E-state index is 0.0613. The number of nitrogens with two attached hydrogens (primary N) is 1. The van der Waals surface area contributed by atoms with Crippen molar-refractivity contribution in [1.29, 1.82) is 0 Å². The first-order chi connectivity index (χ1) is 7.96. The summed E-state index contributed by atoms with van der Waals surface area (Å²) in [5.74, 6) is 0.827. The van der Waals surface area contributed by atoms with Gasteiger partial charge in [0.25, 0.3) is 0 Å². The van der Waals surface area contributed by atoms with Gasteiger partial charge in [0.2, 0.25) is 0 Å². The van der Waals surface area contributed by atoms with E-state index >= 15 is 0 Å². The third-order valence-corrected chi connectivity index (χ3v) is 2.94. The topological polar surface area (TPSA) is 84.1 Å². The minimum absolute atomic E-state index is 0.0613. The number of anilines is 2. The van der Waals surface area contributed by atoms with Crippen molar-refractivity contribution in [3.8, 4) is 0 Å². The minimum Gasteiger partial charge on any atom is -0.396 e. The molecule has 0 saturated carbocycles. The Balaban J connectivity index is 2.58. The van der Waals surface area contributed by atoms with Crippen molar-refractivity contribution in [2.24, 2.45) is 5.41 Å². The van der Waals surface area contributed by atoms with Crippen molar-refractivity contribution in [2.45, 2.75) is 26.7 Å². The van der Waals surface area contributed by atoms with Crippen molar-refractivity contribution in [2.75, 3.05) is 24.2 Å². The molecule has 96 valence electrons. The highest BCUT2D eigenvalue weighted by Crippen LogP contribution is 2.26. The molecule has 1 aromatic heterocycles. The molecular weight excluding hydrogens is 240 g/mol. The fraction of sp³-hybridized carbons (Fsp3) is 0.636. The summed E-state index contributed by atoms with van der Waals surface area (Å²) in [7, 11) is 0. The Bertz CT molecular complexity index is 370. The summed E-state index contributed by atoms with van der Waals surface area (Å²) < 4.78 is 0. The number of aliphatic hydroxyl groups is 1. The molecule has 5 nitrogen and oxygen atoms in total. The summed E-state index contributed by atoms with van der Waals surface area (Å²) in [6.45, 7) is 5.16. The van der Waals surface area contributed by atoms with Crippen LogP contribution in [0, 0.1) is 5.41 Å². The summed E-state index contributed by atoms with van der Waals surface area (Å²) in [4.78, 5) is 7.83. The predicted molar refractivity (Wildman–Crippen MR) is 70.0 cm³/mol. The second kappa shape index (κ2) is 6.02. The normalized spacial score (nSPS) is 11.5. The van der Waals surface area contributed by atoms with E-state index in [0.29, 0.717) is 17.4 Å².